The van der Waals surface area contributed by atoms with Crippen LogP contribution in [0, 0.1) is 0 Å². The zero-order valence-electron chi connectivity index (χ0n) is 7.21. The van der Waals surface area contributed by atoms with Crippen LogP contribution in [0.4, 0.5) is 6.01 Å². The van der Waals surface area contributed by atoms with Gasteiger partial charge >= 0.3 is 6.01 Å². The highest BCUT2D eigenvalue weighted by Crippen LogP contribution is 2.04. The summed E-state index contributed by atoms with van der Waals surface area (Å²) in [5.41, 5.74) is 0. The van der Waals surface area contributed by atoms with Gasteiger partial charge in [-0.15, -0.1) is 6.58 Å². The maximum absolute atomic E-state index is 4.90. The molecule has 12 heavy (non-hydrogen) atoms. The highest BCUT2D eigenvalue weighted by Gasteiger charge is 2.02. The van der Waals surface area contributed by atoms with Crippen LogP contribution < -0.4 is 5.32 Å². The van der Waals surface area contributed by atoms with Crippen LogP contribution in [0.15, 0.2) is 17.2 Å². The van der Waals surface area contributed by atoms with E-state index in [1.165, 1.54) is 0 Å². The van der Waals surface area contributed by atoms with Crippen molar-refractivity contribution in [2.24, 2.45) is 0 Å². The van der Waals surface area contributed by atoms with Gasteiger partial charge in [0.05, 0.1) is 0 Å². The summed E-state index contributed by atoms with van der Waals surface area (Å²) in [6, 6.07) is 0.471. The molecule has 0 aromatic carbocycles. The zero-order chi connectivity index (χ0) is 8.81. The molecule has 0 amide bonds. The summed E-state index contributed by atoms with van der Waals surface area (Å²) in [5, 5.41) is 6.69. The topological polar surface area (TPSA) is 51.0 Å². The van der Waals surface area contributed by atoms with Gasteiger partial charge in [0.1, 0.15) is 0 Å². The van der Waals surface area contributed by atoms with E-state index in [1.807, 2.05) is 0 Å². The number of hydrogen-bond acceptors (Lipinski definition) is 4. The molecule has 0 fully saturated rings. The molecule has 1 aromatic rings. The first-order valence-corrected chi connectivity index (χ1v) is 4.04. The number of aryl methyl sites for hydroxylation is 1. The molecule has 1 aromatic heterocycles. The van der Waals surface area contributed by atoms with Crippen LogP contribution in [0.25, 0.3) is 0 Å². The van der Waals surface area contributed by atoms with Gasteiger partial charge in [-0.3, -0.25) is 0 Å². The molecule has 0 saturated carbocycles. The van der Waals surface area contributed by atoms with Gasteiger partial charge in [-0.2, -0.15) is 4.98 Å². The molecule has 0 aliphatic rings. The van der Waals surface area contributed by atoms with Gasteiger partial charge in [0, 0.05) is 13.0 Å². The van der Waals surface area contributed by atoms with E-state index in [2.05, 4.69) is 29.0 Å². The van der Waals surface area contributed by atoms with Crippen LogP contribution in [-0.2, 0) is 6.42 Å². The van der Waals surface area contributed by atoms with Crippen molar-refractivity contribution in [2.75, 3.05) is 11.9 Å². The van der Waals surface area contributed by atoms with Crippen molar-refractivity contribution in [1.82, 2.24) is 10.1 Å². The van der Waals surface area contributed by atoms with Crippen LogP contribution in [-0.4, -0.2) is 16.7 Å². The second-order valence-electron chi connectivity index (χ2n) is 2.44. The smallest absolute Gasteiger partial charge is 0.321 e. The third-order valence-electron chi connectivity index (χ3n) is 1.34. The first-order chi connectivity index (χ1) is 5.86. The van der Waals surface area contributed by atoms with Gasteiger partial charge in [0.2, 0.25) is 0 Å². The molecular weight excluding hydrogens is 154 g/mol. The molecule has 0 radical (unpaired) electrons. The summed E-state index contributed by atoms with van der Waals surface area (Å²) in [5.74, 6) is 0.754. The molecule has 0 aliphatic carbocycles. The molecule has 0 unspecified atom stereocenters. The fourth-order valence-corrected chi connectivity index (χ4v) is 0.810. The van der Waals surface area contributed by atoms with Gasteiger partial charge in [-0.05, 0) is 6.42 Å². The van der Waals surface area contributed by atoms with E-state index < -0.39 is 0 Å². The SMILES string of the molecule is C=CCNc1nc(CCC)no1. The van der Waals surface area contributed by atoms with E-state index in [1.54, 1.807) is 6.08 Å². The standard InChI is InChI=1S/C8H13N3O/c1-3-5-7-10-8(12-11-7)9-6-4-2/h4H,2-3,5-6H2,1H3,(H,9,10,11). The van der Waals surface area contributed by atoms with Crippen molar-refractivity contribution >= 4 is 6.01 Å². The Hall–Kier alpha value is -1.32. The summed E-state index contributed by atoms with van der Waals surface area (Å²) in [7, 11) is 0. The highest BCUT2D eigenvalue weighted by atomic mass is 16.5. The van der Waals surface area contributed by atoms with Gasteiger partial charge < -0.3 is 9.84 Å². The van der Waals surface area contributed by atoms with Gasteiger partial charge in [0.15, 0.2) is 5.82 Å². The normalized spacial score (nSPS) is 9.75. The Bertz CT molecular complexity index is 244. The fraction of sp³-hybridized carbons (Fsp3) is 0.500. The lowest BCUT2D eigenvalue weighted by Gasteiger charge is -1.91. The minimum absolute atomic E-state index is 0.471. The summed E-state index contributed by atoms with van der Waals surface area (Å²) in [6.45, 7) is 6.29. The lowest BCUT2D eigenvalue weighted by Crippen LogP contribution is -1.97. The third kappa shape index (κ3) is 2.38. The minimum Gasteiger partial charge on any atom is -0.334 e. The molecule has 1 heterocycles. The Labute approximate surface area is 71.7 Å². The Balaban J connectivity index is 2.46. The van der Waals surface area contributed by atoms with Gasteiger partial charge in [-0.25, -0.2) is 0 Å². The van der Waals surface area contributed by atoms with E-state index in [-0.39, 0.29) is 0 Å². The second kappa shape index (κ2) is 4.54. The van der Waals surface area contributed by atoms with Crippen molar-refractivity contribution in [1.29, 1.82) is 0 Å². The fourth-order valence-electron chi connectivity index (χ4n) is 0.810. The molecule has 0 spiro atoms. The van der Waals surface area contributed by atoms with Crippen LogP contribution in [0.5, 0.6) is 0 Å². The van der Waals surface area contributed by atoms with Crippen molar-refractivity contribution in [3.63, 3.8) is 0 Å². The molecule has 0 aliphatic heterocycles. The molecule has 0 atom stereocenters. The number of aromatic nitrogens is 2. The van der Waals surface area contributed by atoms with E-state index in [9.17, 15) is 0 Å². The van der Waals surface area contributed by atoms with Crippen LogP contribution in [0.3, 0.4) is 0 Å². The van der Waals surface area contributed by atoms with Crippen molar-refractivity contribution in [3.8, 4) is 0 Å². The molecule has 1 rings (SSSR count). The quantitative estimate of drug-likeness (QED) is 0.677. The first-order valence-electron chi connectivity index (χ1n) is 4.04. The molecule has 4 heteroatoms. The van der Waals surface area contributed by atoms with Crippen LogP contribution in [0.1, 0.15) is 19.2 Å². The van der Waals surface area contributed by atoms with E-state index in [0.717, 1.165) is 18.7 Å². The minimum atomic E-state index is 0.471. The van der Waals surface area contributed by atoms with Crippen molar-refractivity contribution in [3.05, 3.63) is 18.5 Å². The molecule has 0 bridgehead atoms. The monoisotopic (exact) mass is 167 g/mol. The molecular formula is C8H13N3O. The number of nitrogens with one attached hydrogen (secondary N) is 1. The highest BCUT2D eigenvalue weighted by molar-refractivity contribution is 5.19. The Morgan fingerprint density at radius 2 is 2.50 bits per heavy atom. The molecule has 0 saturated heterocycles. The van der Waals surface area contributed by atoms with Crippen molar-refractivity contribution in [2.45, 2.75) is 19.8 Å². The maximum Gasteiger partial charge on any atom is 0.321 e. The molecule has 1 N–H and O–H groups in total. The number of hydrogen-bond donors (Lipinski definition) is 1. The lowest BCUT2D eigenvalue weighted by molar-refractivity contribution is 0.423. The Kier molecular flexibility index (Phi) is 3.32. The average Bonchev–Trinajstić information content (AvgIpc) is 2.50. The van der Waals surface area contributed by atoms with Crippen LogP contribution in [0.2, 0.25) is 0 Å². The number of nitrogens with zero attached hydrogens (tertiary/aromatic N) is 2. The zero-order valence-corrected chi connectivity index (χ0v) is 7.21. The van der Waals surface area contributed by atoms with E-state index in [0.29, 0.717) is 12.6 Å². The first kappa shape index (κ1) is 8.77. The van der Waals surface area contributed by atoms with Crippen molar-refractivity contribution < 1.29 is 4.52 Å². The summed E-state index contributed by atoms with van der Waals surface area (Å²) in [6.07, 6.45) is 3.63. The average molecular weight is 167 g/mol. The number of anilines is 1. The summed E-state index contributed by atoms with van der Waals surface area (Å²) < 4.78 is 4.90. The third-order valence-corrected chi connectivity index (χ3v) is 1.34. The lowest BCUT2D eigenvalue weighted by atomic mass is 10.3. The molecule has 66 valence electrons. The van der Waals surface area contributed by atoms with Gasteiger partial charge in [-0.1, -0.05) is 18.2 Å². The summed E-state index contributed by atoms with van der Waals surface area (Å²) >= 11 is 0. The van der Waals surface area contributed by atoms with E-state index >= 15 is 0 Å². The largest absolute Gasteiger partial charge is 0.334 e. The predicted octanol–water partition coefficient (Wildman–Crippen LogP) is 1.62. The number of rotatable bonds is 5. The second-order valence-corrected chi connectivity index (χ2v) is 2.44. The predicted molar refractivity (Wildman–Crippen MR) is 47.0 cm³/mol. The maximum atomic E-state index is 4.90. The Morgan fingerprint density at radius 1 is 1.67 bits per heavy atom. The van der Waals surface area contributed by atoms with Gasteiger partial charge in [0.25, 0.3) is 0 Å². The van der Waals surface area contributed by atoms with Crippen LogP contribution >= 0.6 is 0 Å². The van der Waals surface area contributed by atoms with E-state index in [4.69, 9.17) is 4.52 Å². The Morgan fingerprint density at radius 3 is 3.17 bits per heavy atom. The summed E-state index contributed by atoms with van der Waals surface area (Å²) in [4.78, 5) is 4.10. The molecule has 4 nitrogen and oxygen atoms in total.